The van der Waals surface area contributed by atoms with Gasteiger partial charge < -0.3 is 9.64 Å². The van der Waals surface area contributed by atoms with Gasteiger partial charge in [-0.2, -0.15) is 0 Å². The zero-order valence-electron chi connectivity index (χ0n) is 10.2. The van der Waals surface area contributed by atoms with E-state index in [9.17, 15) is 4.79 Å². The van der Waals surface area contributed by atoms with E-state index < -0.39 is 0 Å². The minimum Gasteiger partial charge on any atom is -0.458 e. The number of carbonyl (C=O) groups is 1. The van der Waals surface area contributed by atoms with E-state index in [2.05, 4.69) is 17.2 Å². The van der Waals surface area contributed by atoms with Crippen molar-refractivity contribution in [3.8, 4) is 0 Å². The molecule has 88 valence electrons. The Balaban J connectivity index is 1.85. The SMILES string of the molecule is CC(C)(C)OC(=O)C12CCC1C1C=CN2C1. The van der Waals surface area contributed by atoms with Gasteiger partial charge in [-0.15, -0.1) is 0 Å². The van der Waals surface area contributed by atoms with Gasteiger partial charge in [0, 0.05) is 18.4 Å². The third kappa shape index (κ3) is 1.12. The summed E-state index contributed by atoms with van der Waals surface area (Å²) < 4.78 is 5.58. The Morgan fingerprint density at radius 2 is 2.25 bits per heavy atom. The zero-order chi connectivity index (χ0) is 11.6. The quantitative estimate of drug-likeness (QED) is 0.634. The maximum absolute atomic E-state index is 12.3. The van der Waals surface area contributed by atoms with Crippen LogP contribution in [0.25, 0.3) is 0 Å². The van der Waals surface area contributed by atoms with Crippen LogP contribution < -0.4 is 0 Å². The highest BCUT2D eigenvalue weighted by Crippen LogP contribution is 2.57. The number of hydrogen-bond donors (Lipinski definition) is 0. The second-order valence-corrected chi connectivity index (χ2v) is 6.23. The number of ether oxygens (including phenoxy) is 1. The summed E-state index contributed by atoms with van der Waals surface area (Å²) in [5.74, 6) is 1.08. The Hall–Kier alpha value is -0.990. The van der Waals surface area contributed by atoms with E-state index >= 15 is 0 Å². The van der Waals surface area contributed by atoms with Crippen molar-refractivity contribution in [3.05, 3.63) is 12.3 Å². The molecule has 0 aromatic rings. The molecule has 0 aromatic heterocycles. The van der Waals surface area contributed by atoms with Crippen LogP contribution in [0.3, 0.4) is 0 Å². The summed E-state index contributed by atoms with van der Waals surface area (Å²) in [5, 5.41) is 0. The average Bonchev–Trinajstić information content (AvgIpc) is 2.54. The van der Waals surface area contributed by atoms with Gasteiger partial charge in [0.2, 0.25) is 0 Å². The molecular formula is C13H19NO2. The van der Waals surface area contributed by atoms with Gasteiger partial charge >= 0.3 is 5.97 Å². The van der Waals surface area contributed by atoms with E-state index in [1.807, 2.05) is 20.8 Å². The molecule has 3 heteroatoms. The molecule has 3 rings (SSSR count). The van der Waals surface area contributed by atoms with Gasteiger partial charge in [0.1, 0.15) is 11.1 Å². The topological polar surface area (TPSA) is 29.5 Å². The van der Waals surface area contributed by atoms with Gasteiger partial charge in [-0.05, 0) is 39.8 Å². The van der Waals surface area contributed by atoms with Crippen LogP contribution in [0, 0.1) is 11.8 Å². The number of nitrogens with zero attached hydrogens (tertiary/aromatic N) is 1. The fourth-order valence-electron chi connectivity index (χ4n) is 3.37. The van der Waals surface area contributed by atoms with E-state index in [-0.39, 0.29) is 17.1 Å². The number of hydrogen-bond acceptors (Lipinski definition) is 3. The van der Waals surface area contributed by atoms with E-state index in [1.54, 1.807) is 0 Å². The summed E-state index contributed by atoms with van der Waals surface area (Å²) in [6.45, 7) is 6.83. The average molecular weight is 221 g/mol. The maximum atomic E-state index is 12.3. The number of carbonyl (C=O) groups excluding carboxylic acids is 1. The van der Waals surface area contributed by atoms with Crippen molar-refractivity contribution in [2.45, 2.75) is 44.8 Å². The molecule has 0 amide bonds. The van der Waals surface area contributed by atoms with Gasteiger partial charge in [-0.25, -0.2) is 4.79 Å². The lowest BCUT2D eigenvalue weighted by Crippen LogP contribution is -2.61. The fraction of sp³-hybridized carbons (Fsp3) is 0.769. The van der Waals surface area contributed by atoms with Crippen molar-refractivity contribution in [3.63, 3.8) is 0 Å². The Morgan fingerprint density at radius 3 is 2.75 bits per heavy atom. The molecule has 16 heavy (non-hydrogen) atoms. The summed E-state index contributed by atoms with van der Waals surface area (Å²) in [6.07, 6.45) is 6.47. The smallest absolute Gasteiger partial charge is 0.332 e. The molecule has 3 nitrogen and oxygen atoms in total. The molecule has 1 saturated heterocycles. The van der Waals surface area contributed by atoms with Crippen LogP contribution in [0.4, 0.5) is 0 Å². The molecule has 0 radical (unpaired) electrons. The highest BCUT2D eigenvalue weighted by molar-refractivity contribution is 5.84. The molecule has 2 bridgehead atoms. The Morgan fingerprint density at radius 1 is 1.50 bits per heavy atom. The van der Waals surface area contributed by atoms with Crippen molar-refractivity contribution in [2.75, 3.05) is 6.54 Å². The highest BCUT2D eigenvalue weighted by Gasteiger charge is 2.65. The summed E-state index contributed by atoms with van der Waals surface area (Å²) in [6, 6.07) is 0. The maximum Gasteiger partial charge on any atom is 0.332 e. The number of esters is 1. The van der Waals surface area contributed by atoms with Crippen LogP contribution in [0.1, 0.15) is 33.6 Å². The van der Waals surface area contributed by atoms with E-state index in [1.165, 1.54) is 6.42 Å². The van der Waals surface area contributed by atoms with Crippen molar-refractivity contribution >= 4 is 5.97 Å². The molecular weight excluding hydrogens is 202 g/mol. The molecule has 3 aliphatic rings. The molecule has 3 unspecified atom stereocenters. The van der Waals surface area contributed by atoms with E-state index in [0.29, 0.717) is 11.8 Å². The number of fused-ring (bicyclic) bond motifs is 5. The van der Waals surface area contributed by atoms with Crippen molar-refractivity contribution in [2.24, 2.45) is 11.8 Å². The summed E-state index contributed by atoms with van der Waals surface area (Å²) >= 11 is 0. The summed E-state index contributed by atoms with van der Waals surface area (Å²) in [7, 11) is 0. The lowest BCUT2D eigenvalue weighted by atomic mass is 9.63. The van der Waals surface area contributed by atoms with Crippen LogP contribution in [0.5, 0.6) is 0 Å². The normalized spacial score (nSPS) is 39.6. The first-order chi connectivity index (χ1) is 7.43. The standard InChI is InChI=1S/C13H19NO2/c1-12(2,3)16-11(15)13-6-4-10(13)9-5-7-14(13)8-9/h5,7,9-10H,4,6,8H2,1-3H3. The van der Waals surface area contributed by atoms with Gasteiger partial charge in [0.05, 0.1) is 0 Å². The molecule has 2 aliphatic heterocycles. The van der Waals surface area contributed by atoms with Crippen LogP contribution in [-0.2, 0) is 9.53 Å². The Bertz CT molecular complexity index is 369. The van der Waals surface area contributed by atoms with Crippen LogP contribution in [-0.4, -0.2) is 28.6 Å². The molecule has 0 spiro atoms. The van der Waals surface area contributed by atoms with Crippen molar-refractivity contribution < 1.29 is 9.53 Å². The molecule has 0 aromatic carbocycles. The third-order valence-electron chi connectivity index (χ3n) is 4.15. The minimum atomic E-state index is -0.376. The first kappa shape index (κ1) is 10.2. The Kier molecular flexibility index (Phi) is 1.79. The van der Waals surface area contributed by atoms with Crippen LogP contribution >= 0.6 is 0 Å². The molecule has 0 N–H and O–H groups in total. The first-order valence-corrected chi connectivity index (χ1v) is 6.12. The van der Waals surface area contributed by atoms with Crippen molar-refractivity contribution in [1.82, 2.24) is 4.90 Å². The second-order valence-electron chi connectivity index (χ2n) is 6.23. The van der Waals surface area contributed by atoms with E-state index in [0.717, 1.165) is 13.0 Å². The van der Waals surface area contributed by atoms with Crippen LogP contribution in [0.15, 0.2) is 12.3 Å². The Labute approximate surface area is 96.4 Å². The minimum absolute atomic E-state index is 0.0110. The van der Waals surface area contributed by atoms with E-state index in [4.69, 9.17) is 4.74 Å². The largest absolute Gasteiger partial charge is 0.458 e. The van der Waals surface area contributed by atoms with Crippen molar-refractivity contribution in [1.29, 1.82) is 0 Å². The third-order valence-corrected chi connectivity index (χ3v) is 4.15. The van der Waals surface area contributed by atoms with Gasteiger partial charge in [0.25, 0.3) is 0 Å². The zero-order valence-corrected chi connectivity index (χ0v) is 10.2. The predicted octanol–water partition coefficient (Wildman–Crippen LogP) is 1.94. The predicted molar refractivity (Wildman–Crippen MR) is 60.6 cm³/mol. The monoisotopic (exact) mass is 221 g/mol. The molecule has 1 saturated carbocycles. The molecule has 3 atom stereocenters. The highest BCUT2D eigenvalue weighted by atomic mass is 16.6. The fourth-order valence-corrected chi connectivity index (χ4v) is 3.37. The molecule has 2 fully saturated rings. The first-order valence-electron chi connectivity index (χ1n) is 6.12. The summed E-state index contributed by atoms with van der Waals surface area (Å²) in [4.78, 5) is 14.5. The molecule has 2 heterocycles. The summed E-state index contributed by atoms with van der Waals surface area (Å²) in [5.41, 5.74) is -0.675. The van der Waals surface area contributed by atoms with Gasteiger partial charge in [0.15, 0.2) is 0 Å². The van der Waals surface area contributed by atoms with Crippen LogP contribution in [0.2, 0.25) is 0 Å². The lowest BCUT2D eigenvalue weighted by molar-refractivity contribution is -0.176. The number of rotatable bonds is 1. The van der Waals surface area contributed by atoms with Gasteiger partial charge in [-0.1, -0.05) is 6.08 Å². The molecule has 1 aliphatic carbocycles. The second kappa shape index (κ2) is 2.82. The lowest BCUT2D eigenvalue weighted by Gasteiger charge is -2.50. The van der Waals surface area contributed by atoms with Gasteiger partial charge in [-0.3, -0.25) is 0 Å².